The predicted octanol–water partition coefficient (Wildman–Crippen LogP) is 6.63. The molecule has 0 aromatic heterocycles. The first-order valence-corrected chi connectivity index (χ1v) is 8.01. The Bertz CT molecular complexity index is 188. The van der Waals surface area contributed by atoms with Crippen LogP contribution in [0.15, 0.2) is 24.3 Å². The fourth-order valence-electron chi connectivity index (χ4n) is 2.08. The topological polar surface area (TPSA) is 0 Å². The molecule has 0 saturated heterocycles. The molecule has 0 aliphatic heterocycles. The van der Waals surface area contributed by atoms with Crippen LogP contribution >= 0.6 is 0 Å². The molecule has 0 spiro atoms. The van der Waals surface area contributed by atoms with E-state index in [2.05, 4.69) is 32.1 Å². The zero-order valence-corrected chi connectivity index (χ0v) is 12.5. The van der Waals surface area contributed by atoms with E-state index in [1.54, 1.807) is 0 Å². The zero-order chi connectivity index (χ0) is 13.3. The molecule has 0 rings (SSSR count). The Labute approximate surface area is 116 Å². The molecule has 0 amide bonds. The van der Waals surface area contributed by atoms with Crippen LogP contribution in [0.5, 0.6) is 0 Å². The molecule has 0 aromatic rings. The number of hydrogen-bond acceptors (Lipinski definition) is 0. The minimum absolute atomic E-state index is 1.21. The summed E-state index contributed by atoms with van der Waals surface area (Å²) in [6, 6.07) is 0. The van der Waals surface area contributed by atoms with Crippen molar-refractivity contribution in [3.8, 4) is 0 Å². The molecule has 0 aliphatic carbocycles. The molecule has 0 fully saturated rings. The predicted molar refractivity (Wildman–Crippen MR) is 84.7 cm³/mol. The summed E-state index contributed by atoms with van der Waals surface area (Å²) in [4.78, 5) is 0. The highest BCUT2D eigenvalue weighted by Crippen LogP contribution is 2.10. The van der Waals surface area contributed by atoms with Crippen LogP contribution in [0.25, 0.3) is 0 Å². The maximum absolute atomic E-state index is 3.70. The Morgan fingerprint density at radius 2 is 1.06 bits per heavy atom. The van der Waals surface area contributed by atoms with Crippen molar-refractivity contribution in [3.63, 3.8) is 0 Å². The van der Waals surface area contributed by atoms with E-state index in [0.717, 1.165) is 0 Å². The normalized spacial score (nSPS) is 11.9. The van der Waals surface area contributed by atoms with Crippen LogP contribution in [0.4, 0.5) is 0 Å². The minimum Gasteiger partial charge on any atom is -0.0885 e. The van der Waals surface area contributed by atoms with Gasteiger partial charge in [0.2, 0.25) is 0 Å². The molecular formula is C18H33. The van der Waals surface area contributed by atoms with E-state index < -0.39 is 0 Å². The average molecular weight is 249 g/mol. The minimum atomic E-state index is 1.21. The van der Waals surface area contributed by atoms with Gasteiger partial charge in [-0.1, -0.05) is 76.2 Å². The van der Waals surface area contributed by atoms with Crippen LogP contribution in [0.1, 0.15) is 84.0 Å². The standard InChI is InChI=1S/C18H33/c1-3-5-7-9-11-13-15-17-18-16-14-12-10-8-6-4-2/h3,5,10,12H,1,4,6-9,11,13-18H2,2H3/b5-3-,12-10+. The molecule has 0 heterocycles. The number of rotatable bonds is 13. The summed E-state index contributed by atoms with van der Waals surface area (Å²) in [5.74, 6) is 0. The second-order valence-corrected chi connectivity index (χ2v) is 5.14. The molecule has 0 saturated carbocycles. The van der Waals surface area contributed by atoms with Crippen molar-refractivity contribution < 1.29 is 0 Å². The molecular weight excluding hydrogens is 216 g/mol. The van der Waals surface area contributed by atoms with Gasteiger partial charge in [-0.2, -0.15) is 0 Å². The van der Waals surface area contributed by atoms with Gasteiger partial charge < -0.3 is 0 Å². The van der Waals surface area contributed by atoms with Crippen molar-refractivity contribution in [1.82, 2.24) is 0 Å². The van der Waals surface area contributed by atoms with Crippen molar-refractivity contribution in [2.75, 3.05) is 0 Å². The van der Waals surface area contributed by atoms with Gasteiger partial charge in [-0.05, 0) is 39.0 Å². The van der Waals surface area contributed by atoms with Gasteiger partial charge in [-0.15, -0.1) is 0 Å². The second-order valence-electron chi connectivity index (χ2n) is 5.14. The van der Waals surface area contributed by atoms with Crippen LogP contribution in [0.3, 0.4) is 0 Å². The van der Waals surface area contributed by atoms with Gasteiger partial charge >= 0.3 is 0 Å². The third-order valence-electron chi connectivity index (χ3n) is 3.30. The van der Waals surface area contributed by atoms with Gasteiger partial charge in [0.25, 0.3) is 0 Å². The first-order valence-electron chi connectivity index (χ1n) is 8.01. The van der Waals surface area contributed by atoms with Crippen molar-refractivity contribution in [1.29, 1.82) is 0 Å². The van der Waals surface area contributed by atoms with Gasteiger partial charge in [0.1, 0.15) is 0 Å². The molecule has 0 heteroatoms. The van der Waals surface area contributed by atoms with E-state index in [9.17, 15) is 0 Å². The molecule has 0 aromatic carbocycles. The summed E-state index contributed by atoms with van der Waals surface area (Å²) in [5.41, 5.74) is 0. The number of allylic oxidation sites excluding steroid dienone is 4. The monoisotopic (exact) mass is 249 g/mol. The fourth-order valence-corrected chi connectivity index (χ4v) is 2.08. The quantitative estimate of drug-likeness (QED) is 0.254. The molecule has 105 valence electrons. The SMILES string of the molecule is [CH2]/C=C\CCCCCCCCC/C=C/CCCC. The summed E-state index contributed by atoms with van der Waals surface area (Å²) >= 11 is 0. The Morgan fingerprint density at radius 3 is 1.56 bits per heavy atom. The van der Waals surface area contributed by atoms with Crippen LogP contribution in [-0.2, 0) is 0 Å². The molecule has 0 bridgehead atoms. The first-order chi connectivity index (χ1) is 8.91. The van der Waals surface area contributed by atoms with Gasteiger partial charge in [-0.25, -0.2) is 0 Å². The number of unbranched alkanes of at least 4 members (excludes halogenated alkanes) is 10. The maximum atomic E-state index is 3.70. The Kier molecular flexibility index (Phi) is 16.0. The van der Waals surface area contributed by atoms with Crippen LogP contribution in [-0.4, -0.2) is 0 Å². The summed E-state index contributed by atoms with van der Waals surface area (Å²) in [7, 11) is 0. The van der Waals surface area contributed by atoms with E-state index in [1.165, 1.54) is 77.0 Å². The first kappa shape index (κ1) is 17.5. The van der Waals surface area contributed by atoms with E-state index >= 15 is 0 Å². The van der Waals surface area contributed by atoms with Crippen molar-refractivity contribution in [3.05, 3.63) is 31.2 Å². The molecule has 0 atom stereocenters. The highest BCUT2D eigenvalue weighted by atomic mass is 14.0. The lowest BCUT2D eigenvalue weighted by Crippen LogP contribution is -1.80. The lowest BCUT2D eigenvalue weighted by atomic mass is 10.1. The van der Waals surface area contributed by atoms with E-state index in [-0.39, 0.29) is 0 Å². The van der Waals surface area contributed by atoms with Gasteiger partial charge in [0.15, 0.2) is 0 Å². The Hall–Kier alpha value is -0.520. The van der Waals surface area contributed by atoms with Crippen molar-refractivity contribution in [2.24, 2.45) is 0 Å². The fraction of sp³-hybridized carbons (Fsp3) is 0.722. The van der Waals surface area contributed by atoms with Crippen molar-refractivity contribution >= 4 is 0 Å². The van der Waals surface area contributed by atoms with E-state index in [4.69, 9.17) is 0 Å². The van der Waals surface area contributed by atoms with Crippen LogP contribution in [0, 0.1) is 6.92 Å². The molecule has 0 N–H and O–H groups in total. The molecule has 0 unspecified atom stereocenters. The van der Waals surface area contributed by atoms with Gasteiger partial charge in [0, 0.05) is 0 Å². The Morgan fingerprint density at radius 1 is 0.611 bits per heavy atom. The number of hydrogen-bond donors (Lipinski definition) is 0. The largest absolute Gasteiger partial charge is 0.0885 e. The maximum Gasteiger partial charge on any atom is -0.0316 e. The zero-order valence-electron chi connectivity index (χ0n) is 12.5. The lowest BCUT2D eigenvalue weighted by Gasteiger charge is -2.00. The summed E-state index contributed by atoms with van der Waals surface area (Å²) in [5, 5.41) is 0. The molecule has 18 heavy (non-hydrogen) atoms. The van der Waals surface area contributed by atoms with Crippen LogP contribution in [0.2, 0.25) is 0 Å². The van der Waals surface area contributed by atoms with E-state index in [0.29, 0.717) is 0 Å². The van der Waals surface area contributed by atoms with Crippen LogP contribution < -0.4 is 0 Å². The van der Waals surface area contributed by atoms with Gasteiger partial charge in [-0.3, -0.25) is 0 Å². The smallest absolute Gasteiger partial charge is 0.0316 e. The summed E-state index contributed by atoms with van der Waals surface area (Å²) in [6.45, 7) is 5.95. The summed E-state index contributed by atoms with van der Waals surface area (Å²) < 4.78 is 0. The van der Waals surface area contributed by atoms with E-state index in [1.807, 2.05) is 6.08 Å². The van der Waals surface area contributed by atoms with Gasteiger partial charge in [0.05, 0.1) is 0 Å². The summed E-state index contributed by atoms with van der Waals surface area (Å²) in [6.07, 6.45) is 25.0. The van der Waals surface area contributed by atoms with Crippen molar-refractivity contribution in [2.45, 2.75) is 84.0 Å². The third kappa shape index (κ3) is 15.5. The molecule has 0 aliphatic rings. The molecule has 1 radical (unpaired) electrons. The molecule has 0 nitrogen and oxygen atoms in total. The highest BCUT2D eigenvalue weighted by molar-refractivity contribution is 4.83. The highest BCUT2D eigenvalue weighted by Gasteiger charge is 1.90. The average Bonchev–Trinajstić information content (AvgIpc) is 2.39. The third-order valence-corrected chi connectivity index (χ3v) is 3.30. The lowest BCUT2D eigenvalue weighted by molar-refractivity contribution is 0.583. The second kappa shape index (κ2) is 16.5. The Balaban J connectivity index is 3.00.